The van der Waals surface area contributed by atoms with Crippen molar-refractivity contribution in [3.63, 3.8) is 0 Å². The normalized spacial score (nSPS) is 57.9. The summed E-state index contributed by atoms with van der Waals surface area (Å²) in [5.74, 6) is 3.23. The maximum atomic E-state index is 10.9. The second-order valence-corrected chi connectivity index (χ2v) is 14.3. The molecule has 0 radical (unpaired) electrons. The number of hydrogen-bond acceptors (Lipinski definition) is 2. The summed E-state index contributed by atoms with van der Waals surface area (Å²) < 4.78 is 0. The molecule has 11 atom stereocenters. The summed E-state index contributed by atoms with van der Waals surface area (Å²) in [5.41, 5.74) is 2.26. The highest BCUT2D eigenvalue weighted by Gasteiger charge is 2.70. The van der Waals surface area contributed by atoms with Crippen LogP contribution in [0.1, 0.15) is 98.8 Å². The van der Waals surface area contributed by atoms with Gasteiger partial charge in [-0.1, -0.05) is 45.9 Å². The number of fused-ring (bicyclic) bond motifs is 7. The van der Waals surface area contributed by atoms with Crippen molar-refractivity contribution in [2.24, 2.45) is 56.7 Å². The van der Waals surface area contributed by atoms with Crippen molar-refractivity contribution in [2.75, 3.05) is 6.61 Å². The summed E-state index contributed by atoms with van der Waals surface area (Å²) in [6.07, 6.45) is 14.2. The molecule has 0 heterocycles. The molecule has 0 saturated heterocycles. The van der Waals surface area contributed by atoms with Gasteiger partial charge in [0.25, 0.3) is 0 Å². The van der Waals surface area contributed by atoms with E-state index in [-0.39, 0.29) is 23.5 Å². The lowest BCUT2D eigenvalue weighted by Gasteiger charge is -2.73. The molecule has 0 aliphatic heterocycles. The van der Waals surface area contributed by atoms with E-state index in [0.29, 0.717) is 39.9 Å². The lowest BCUT2D eigenvalue weighted by atomic mass is 9.32. The van der Waals surface area contributed by atoms with Gasteiger partial charge in [-0.2, -0.15) is 0 Å². The van der Waals surface area contributed by atoms with Crippen LogP contribution in [0.4, 0.5) is 0 Å². The Hall–Kier alpha value is -0.600. The van der Waals surface area contributed by atoms with Gasteiger partial charge in [0.05, 0.1) is 12.7 Å². The highest BCUT2D eigenvalue weighted by Crippen LogP contribution is 2.77. The average molecular weight is 455 g/mol. The molecule has 33 heavy (non-hydrogen) atoms. The predicted molar refractivity (Wildman–Crippen MR) is 137 cm³/mol. The molecule has 0 amide bonds. The molecule has 0 bridgehead atoms. The fourth-order valence-corrected chi connectivity index (χ4v) is 11.6. The van der Waals surface area contributed by atoms with Crippen LogP contribution in [0.2, 0.25) is 0 Å². The number of allylic oxidation sites excluding steroid dienone is 2. The molecule has 0 aromatic carbocycles. The Labute approximate surface area is 203 Å². The minimum Gasteiger partial charge on any atom is -0.396 e. The third-order valence-electron chi connectivity index (χ3n) is 13.7. The van der Waals surface area contributed by atoms with Gasteiger partial charge < -0.3 is 10.2 Å². The molecule has 5 unspecified atom stereocenters. The highest BCUT2D eigenvalue weighted by atomic mass is 16.3. The van der Waals surface area contributed by atoms with Crippen molar-refractivity contribution in [2.45, 2.75) is 105 Å². The van der Waals surface area contributed by atoms with Crippen molar-refractivity contribution in [1.29, 1.82) is 0 Å². The molecule has 5 saturated carbocycles. The molecule has 186 valence electrons. The summed E-state index contributed by atoms with van der Waals surface area (Å²) in [6, 6.07) is 0. The topological polar surface area (TPSA) is 40.5 Å². The molecule has 5 rings (SSSR count). The smallest absolute Gasteiger partial charge is 0.0618 e. The second kappa shape index (κ2) is 7.45. The summed E-state index contributed by atoms with van der Waals surface area (Å²) >= 11 is 0. The van der Waals surface area contributed by atoms with E-state index < -0.39 is 0 Å². The number of aliphatic hydroxyl groups excluding tert-OH is 2. The fourth-order valence-electron chi connectivity index (χ4n) is 11.6. The van der Waals surface area contributed by atoms with Gasteiger partial charge in [-0.25, -0.2) is 0 Å². The molecule has 0 aromatic heterocycles. The van der Waals surface area contributed by atoms with Gasteiger partial charge >= 0.3 is 0 Å². The van der Waals surface area contributed by atoms with E-state index >= 15 is 0 Å². The lowest BCUT2D eigenvalue weighted by Crippen LogP contribution is -2.67. The molecular formula is C31H50O2. The van der Waals surface area contributed by atoms with Crippen LogP contribution in [0.5, 0.6) is 0 Å². The van der Waals surface area contributed by atoms with Crippen LogP contribution < -0.4 is 0 Å². The van der Waals surface area contributed by atoms with E-state index in [0.717, 1.165) is 25.2 Å². The van der Waals surface area contributed by atoms with Crippen LogP contribution in [-0.2, 0) is 0 Å². The van der Waals surface area contributed by atoms with Gasteiger partial charge in [0.15, 0.2) is 0 Å². The Balaban J connectivity index is 1.55. The van der Waals surface area contributed by atoms with E-state index in [2.05, 4.69) is 53.9 Å². The molecule has 0 spiro atoms. The quantitative estimate of drug-likeness (QED) is 0.444. The Morgan fingerprint density at radius 2 is 1.61 bits per heavy atom. The zero-order chi connectivity index (χ0) is 24.0. The zero-order valence-electron chi connectivity index (χ0n) is 22.1. The Kier molecular flexibility index (Phi) is 5.44. The number of hydrogen-bond donors (Lipinski definition) is 2. The lowest BCUT2D eigenvalue weighted by molar-refractivity contribution is -0.251. The van der Waals surface area contributed by atoms with E-state index in [1.807, 2.05) is 0 Å². The molecule has 2 nitrogen and oxygen atoms in total. The van der Waals surface area contributed by atoms with Crippen LogP contribution >= 0.6 is 0 Å². The molecular weight excluding hydrogens is 404 g/mol. The van der Waals surface area contributed by atoms with Crippen LogP contribution in [0, 0.1) is 56.7 Å². The Bertz CT molecular complexity index is 833. The van der Waals surface area contributed by atoms with E-state index in [1.165, 1.54) is 50.5 Å². The molecule has 0 aromatic rings. The first-order chi connectivity index (χ1) is 15.4. The highest BCUT2D eigenvalue weighted by molar-refractivity contribution is 5.24. The van der Waals surface area contributed by atoms with Gasteiger partial charge in [0.1, 0.15) is 0 Å². The summed E-state index contributed by atoms with van der Waals surface area (Å²) in [4.78, 5) is 0. The summed E-state index contributed by atoms with van der Waals surface area (Å²) in [5, 5.41) is 21.4. The van der Waals surface area contributed by atoms with Crippen LogP contribution in [0.3, 0.4) is 0 Å². The molecule has 5 aliphatic rings. The van der Waals surface area contributed by atoms with Crippen molar-refractivity contribution in [1.82, 2.24) is 0 Å². The van der Waals surface area contributed by atoms with Crippen molar-refractivity contribution in [3.05, 3.63) is 24.8 Å². The van der Waals surface area contributed by atoms with Crippen LogP contribution in [-0.4, -0.2) is 22.9 Å². The van der Waals surface area contributed by atoms with Crippen LogP contribution in [0.15, 0.2) is 24.8 Å². The van der Waals surface area contributed by atoms with Gasteiger partial charge in [-0.15, -0.1) is 6.58 Å². The SMILES string of the molecule is C=C[C@]12CCC(C(=C)C)C1C1CCC3[C@@]4(C)CC[C@H](O)[C@@](C)(CO)C4CC[C@@]3(C)[C@]1(C)CC2. The Morgan fingerprint density at radius 3 is 2.24 bits per heavy atom. The maximum absolute atomic E-state index is 10.9. The monoisotopic (exact) mass is 454 g/mol. The fraction of sp³-hybridized carbons (Fsp3) is 0.871. The maximum Gasteiger partial charge on any atom is 0.0618 e. The number of rotatable bonds is 3. The molecule has 2 N–H and O–H groups in total. The van der Waals surface area contributed by atoms with E-state index in [4.69, 9.17) is 0 Å². The van der Waals surface area contributed by atoms with Gasteiger partial charge in [-0.05, 0) is 122 Å². The van der Waals surface area contributed by atoms with Crippen molar-refractivity contribution < 1.29 is 10.2 Å². The van der Waals surface area contributed by atoms with Gasteiger partial charge in [0.2, 0.25) is 0 Å². The van der Waals surface area contributed by atoms with Gasteiger partial charge in [0, 0.05) is 5.41 Å². The standard InChI is InChI=1S/C31H50O2/c1-8-31-16-11-21(20(2)3)26(31)22-9-10-24-27(4)14-13-25(33)28(5,19-32)23(27)12-15-30(24,7)29(22,6)17-18-31/h8,21-26,32-33H,1-2,9-19H2,3-7H3/t21?,22?,23?,24?,25-,26?,27-,28-,29+,30+,31+/m0/s1. The van der Waals surface area contributed by atoms with E-state index in [1.54, 1.807) is 0 Å². The first-order valence-corrected chi connectivity index (χ1v) is 14.0. The van der Waals surface area contributed by atoms with Crippen LogP contribution in [0.25, 0.3) is 0 Å². The largest absolute Gasteiger partial charge is 0.396 e. The molecule has 2 heteroatoms. The second-order valence-electron chi connectivity index (χ2n) is 14.3. The third-order valence-corrected chi connectivity index (χ3v) is 13.7. The average Bonchev–Trinajstić information content (AvgIpc) is 3.17. The molecule has 5 fully saturated rings. The minimum atomic E-state index is -0.366. The van der Waals surface area contributed by atoms with E-state index in [9.17, 15) is 10.2 Å². The molecule has 5 aliphatic carbocycles. The predicted octanol–water partition coefficient (Wildman–Crippen LogP) is 7.16. The minimum absolute atomic E-state index is 0.113. The zero-order valence-corrected chi connectivity index (χ0v) is 22.1. The summed E-state index contributed by atoms with van der Waals surface area (Å²) in [7, 11) is 0. The van der Waals surface area contributed by atoms with Crippen molar-refractivity contribution in [3.8, 4) is 0 Å². The van der Waals surface area contributed by atoms with Gasteiger partial charge in [-0.3, -0.25) is 0 Å². The number of aliphatic hydroxyl groups is 2. The summed E-state index contributed by atoms with van der Waals surface area (Å²) in [6.45, 7) is 21.3. The van der Waals surface area contributed by atoms with Crippen molar-refractivity contribution >= 4 is 0 Å². The first kappa shape index (κ1) is 24.1. The first-order valence-electron chi connectivity index (χ1n) is 14.0. The Morgan fingerprint density at radius 1 is 0.879 bits per heavy atom. The third kappa shape index (κ3) is 2.80.